The van der Waals surface area contributed by atoms with Gasteiger partial charge in [0.25, 0.3) is 5.91 Å². The zero-order valence-corrected chi connectivity index (χ0v) is 17.3. The van der Waals surface area contributed by atoms with Crippen molar-refractivity contribution < 1.29 is 14.0 Å². The van der Waals surface area contributed by atoms with E-state index < -0.39 is 11.8 Å². The highest BCUT2D eigenvalue weighted by atomic mass is 35.5. The molecule has 0 saturated carbocycles. The number of anilines is 2. The number of hydrogen-bond acceptors (Lipinski definition) is 2. The van der Waals surface area contributed by atoms with E-state index >= 15 is 0 Å². The van der Waals surface area contributed by atoms with E-state index in [0.717, 1.165) is 0 Å². The smallest absolute Gasteiger partial charge is 0.326 e. The number of urea groups is 1. The van der Waals surface area contributed by atoms with Crippen molar-refractivity contribution in [2.24, 2.45) is 0 Å². The van der Waals surface area contributed by atoms with E-state index in [9.17, 15) is 14.0 Å². The van der Waals surface area contributed by atoms with Crippen molar-refractivity contribution in [2.75, 3.05) is 23.3 Å². The van der Waals surface area contributed by atoms with Gasteiger partial charge in [-0.1, -0.05) is 41.4 Å². The molecule has 3 aromatic rings. The van der Waals surface area contributed by atoms with Gasteiger partial charge in [0.2, 0.25) is 0 Å². The second-order valence-corrected chi connectivity index (χ2v) is 7.15. The lowest BCUT2D eigenvalue weighted by Crippen LogP contribution is -2.41. The third-order valence-corrected chi connectivity index (χ3v) is 4.75. The highest BCUT2D eigenvalue weighted by molar-refractivity contribution is 6.36. The minimum absolute atomic E-state index is 0.150. The molecule has 0 aliphatic carbocycles. The molecule has 0 unspecified atom stereocenters. The minimum Gasteiger partial charge on any atom is -0.350 e. The van der Waals surface area contributed by atoms with E-state index in [-0.39, 0.29) is 29.6 Å². The zero-order valence-electron chi connectivity index (χ0n) is 15.7. The van der Waals surface area contributed by atoms with Crippen LogP contribution in [0.5, 0.6) is 0 Å². The summed E-state index contributed by atoms with van der Waals surface area (Å²) in [6.45, 7) is 0.304. The van der Waals surface area contributed by atoms with E-state index in [4.69, 9.17) is 23.2 Å². The molecule has 3 rings (SSSR count). The highest BCUT2D eigenvalue weighted by Gasteiger charge is 2.17. The van der Waals surface area contributed by atoms with E-state index in [1.807, 2.05) is 6.07 Å². The summed E-state index contributed by atoms with van der Waals surface area (Å²) in [6, 6.07) is 18.6. The van der Waals surface area contributed by atoms with Crippen LogP contribution in [0.1, 0.15) is 10.4 Å². The quantitative estimate of drug-likeness (QED) is 0.518. The van der Waals surface area contributed by atoms with Crippen molar-refractivity contribution in [2.45, 2.75) is 0 Å². The van der Waals surface area contributed by atoms with Crippen molar-refractivity contribution in [1.29, 1.82) is 0 Å². The fourth-order valence-corrected chi connectivity index (χ4v) is 3.23. The van der Waals surface area contributed by atoms with Crippen molar-refractivity contribution in [1.82, 2.24) is 5.32 Å². The Morgan fingerprint density at radius 2 is 1.63 bits per heavy atom. The van der Waals surface area contributed by atoms with Gasteiger partial charge in [-0.15, -0.1) is 0 Å². The first-order valence-corrected chi connectivity index (χ1v) is 9.82. The van der Waals surface area contributed by atoms with Crippen LogP contribution >= 0.6 is 23.2 Å². The van der Waals surface area contributed by atoms with Crippen LogP contribution in [-0.2, 0) is 0 Å². The summed E-state index contributed by atoms with van der Waals surface area (Å²) < 4.78 is 13.3. The molecule has 30 heavy (non-hydrogen) atoms. The Bertz CT molecular complexity index is 1030. The predicted octanol–water partition coefficient (Wildman–Crippen LogP) is 5.60. The lowest BCUT2D eigenvalue weighted by molar-refractivity contribution is 0.0954. The van der Waals surface area contributed by atoms with Crippen molar-refractivity contribution in [3.63, 3.8) is 0 Å². The van der Waals surface area contributed by atoms with Gasteiger partial charge in [0.15, 0.2) is 0 Å². The number of para-hydroxylation sites is 1. The number of halogens is 3. The SMILES string of the molecule is O=C(NCCN(C(=O)Nc1ccccc1)c1ccc(F)cc1)c1ccc(Cl)cc1Cl. The molecule has 2 N–H and O–H groups in total. The van der Waals surface area contributed by atoms with Crippen molar-refractivity contribution in [3.05, 3.63) is 94.2 Å². The van der Waals surface area contributed by atoms with E-state index in [2.05, 4.69) is 10.6 Å². The Hall–Kier alpha value is -3.09. The zero-order chi connectivity index (χ0) is 21.5. The fourth-order valence-electron chi connectivity index (χ4n) is 2.73. The molecule has 0 bridgehead atoms. The Morgan fingerprint density at radius 1 is 0.933 bits per heavy atom. The molecule has 0 spiro atoms. The van der Waals surface area contributed by atoms with E-state index in [1.165, 1.54) is 41.3 Å². The summed E-state index contributed by atoms with van der Waals surface area (Å²) in [5, 5.41) is 6.17. The monoisotopic (exact) mass is 445 g/mol. The number of carbonyl (C=O) groups is 2. The molecule has 154 valence electrons. The van der Waals surface area contributed by atoms with Crippen molar-refractivity contribution >= 4 is 46.5 Å². The van der Waals surface area contributed by atoms with Crippen LogP contribution in [0, 0.1) is 5.82 Å². The van der Waals surface area contributed by atoms with Gasteiger partial charge in [-0.25, -0.2) is 9.18 Å². The second kappa shape index (κ2) is 10.1. The lowest BCUT2D eigenvalue weighted by Gasteiger charge is -2.23. The standard InChI is InChI=1S/C22H18Cl2FN3O2/c23-15-6-11-19(20(24)14-15)21(29)26-12-13-28(18-9-7-16(25)8-10-18)22(30)27-17-4-2-1-3-5-17/h1-11,14H,12-13H2,(H,26,29)(H,27,30). The van der Waals surface area contributed by atoms with E-state index in [1.54, 1.807) is 30.3 Å². The molecule has 8 heteroatoms. The summed E-state index contributed by atoms with van der Waals surface area (Å²) in [5.74, 6) is -0.799. The molecule has 0 heterocycles. The Morgan fingerprint density at radius 3 is 2.30 bits per heavy atom. The molecule has 0 aliphatic rings. The summed E-state index contributed by atoms with van der Waals surface area (Å²) >= 11 is 11.9. The van der Waals surface area contributed by atoms with Gasteiger partial charge in [-0.2, -0.15) is 0 Å². The summed E-state index contributed by atoms with van der Waals surface area (Å²) in [5.41, 5.74) is 1.39. The Labute approximate surface area is 183 Å². The molecular weight excluding hydrogens is 428 g/mol. The molecule has 0 aliphatic heterocycles. The number of benzene rings is 3. The number of hydrogen-bond donors (Lipinski definition) is 2. The molecule has 3 amide bonds. The summed E-state index contributed by atoms with van der Waals surface area (Å²) in [7, 11) is 0. The summed E-state index contributed by atoms with van der Waals surface area (Å²) in [4.78, 5) is 26.6. The van der Waals surface area contributed by atoms with Crippen molar-refractivity contribution in [3.8, 4) is 0 Å². The van der Waals surface area contributed by atoms with Crippen LogP contribution in [0.2, 0.25) is 10.0 Å². The highest BCUT2D eigenvalue weighted by Crippen LogP contribution is 2.21. The van der Waals surface area contributed by atoms with Crippen LogP contribution in [0.4, 0.5) is 20.6 Å². The maximum atomic E-state index is 13.3. The average molecular weight is 446 g/mol. The molecule has 0 aromatic heterocycles. The summed E-state index contributed by atoms with van der Waals surface area (Å²) in [6.07, 6.45) is 0. The number of rotatable bonds is 6. The first-order chi connectivity index (χ1) is 14.4. The van der Waals surface area contributed by atoms with Gasteiger partial charge in [-0.3, -0.25) is 9.69 Å². The van der Waals surface area contributed by atoms with Gasteiger partial charge in [0.1, 0.15) is 5.82 Å². The predicted molar refractivity (Wildman–Crippen MR) is 118 cm³/mol. The number of nitrogens with zero attached hydrogens (tertiary/aromatic N) is 1. The maximum Gasteiger partial charge on any atom is 0.326 e. The van der Waals surface area contributed by atoms with Crippen LogP contribution in [0.25, 0.3) is 0 Å². The molecule has 3 aromatic carbocycles. The number of nitrogens with one attached hydrogen (secondary N) is 2. The Balaban J connectivity index is 1.69. The molecular formula is C22H18Cl2FN3O2. The van der Waals surface area contributed by atoms with Crippen LogP contribution in [-0.4, -0.2) is 25.0 Å². The molecule has 0 saturated heterocycles. The van der Waals surface area contributed by atoms with Gasteiger partial charge in [-0.05, 0) is 54.6 Å². The van der Waals surface area contributed by atoms with Gasteiger partial charge in [0.05, 0.1) is 10.6 Å². The maximum absolute atomic E-state index is 13.3. The minimum atomic E-state index is -0.411. The van der Waals surface area contributed by atoms with Gasteiger partial charge < -0.3 is 10.6 Å². The fraction of sp³-hybridized carbons (Fsp3) is 0.0909. The molecule has 5 nitrogen and oxygen atoms in total. The van der Waals surface area contributed by atoms with E-state index in [0.29, 0.717) is 16.4 Å². The normalized spacial score (nSPS) is 10.4. The molecule has 0 radical (unpaired) electrons. The van der Waals surface area contributed by atoms with Crippen LogP contribution in [0.3, 0.4) is 0 Å². The number of amides is 3. The molecule has 0 fully saturated rings. The first-order valence-electron chi connectivity index (χ1n) is 9.06. The largest absolute Gasteiger partial charge is 0.350 e. The first kappa shape index (κ1) is 21.6. The van der Waals surface area contributed by atoms with Crippen LogP contribution in [0.15, 0.2) is 72.8 Å². The average Bonchev–Trinajstić information content (AvgIpc) is 2.72. The topological polar surface area (TPSA) is 61.4 Å². The number of carbonyl (C=O) groups excluding carboxylic acids is 2. The van der Waals surface area contributed by atoms with Crippen LogP contribution < -0.4 is 15.5 Å². The lowest BCUT2D eigenvalue weighted by atomic mass is 10.2. The second-order valence-electron chi connectivity index (χ2n) is 6.30. The van der Waals surface area contributed by atoms with Gasteiger partial charge in [0, 0.05) is 29.5 Å². The molecule has 0 atom stereocenters. The Kier molecular flexibility index (Phi) is 7.27. The third-order valence-electron chi connectivity index (χ3n) is 4.21. The third kappa shape index (κ3) is 5.72. The van der Waals surface area contributed by atoms with Gasteiger partial charge >= 0.3 is 6.03 Å².